The molecule has 0 aromatic carbocycles. The van der Waals surface area contributed by atoms with Gasteiger partial charge in [0.15, 0.2) is 0 Å². The molecule has 0 fully saturated rings. The molecule has 2 aromatic heterocycles. The molecule has 3 heteroatoms. The Morgan fingerprint density at radius 1 is 1.07 bits per heavy atom. The van der Waals surface area contributed by atoms with Crippen molar-refractivity contribution in [3.63, 3.8) is 0 Å². The predicted molar refractivity (Wildman–Crippen MR) is 59.6 cm³/mol. The highest BCUT2D eigenvalue weighted by Crippen LogP contribution is 2.16. The Kier molecular flexibility index (Phi) is 2.46. The van der Waals surface area contributed by atoms with Crippen LogP contribution in [-0.4, -0.2) is 16.7 Å². The van der Waals surface area contributed by atoms with Crippen LogP contribution >= 0.6 is 0 Å². The van der Waals surface area contributed by atoms with Crippen molar-refractivity contribution >= 4 is 0 Å². The van der Waals surface area contributed by atoms with Crippen LogP contribution in [0.4, 0.5) is 0 Å². The molecular formula is C12H14N2O. The minimum absolute atomic E-state index is 0.779. The van der Waals surface area contributed by atoms with E-state index in [-0.39, 0.29) is 0 Å². The molecule has 0 radical (unpaired) electrons. The predicted octanol–water partition coefficient (Wildman–Crippen LogP) is 2.50. The van der Waals surface area contributed by atoms with Crippen LogP contribution in [0, 0.1) is 13.8 Å². The Labute approximate surface area is 89.3 Å². The van der Waals surface area contributed by atoms with E-state index in [9.17, 15) is 0 Å². The molecule has 0 aliphatic carbocycles. The zero-order valence-electron chi connectivity index (χ0n) is 9.19. The number of rotatable bonds is 2. The lowest BCUT2D eigenvalue weighted by molar-refractivity contribution is 0.412. The highest BCUT2D eigenvalue weighted by atomic mass is 16.5. The molecule has 0 aliphatic rings. The molecule has 2 aromatic rings. The summed E-state index contributed by atoms with van der Waals surface area (Å²) in [4.78, 5) is 4.35. The van der Waals surface area contributed by atoms with Gasteiger partial charge in [0.1, 0.15) is 11.6 Å². The van der Waals surface area contributed by atoms with Crippen LogP contribution in [0.5, 0.6) is 5.75 Å². The third-order valence-electron chi connectivity index (χ3n) is 2.46. The van der Waals surface area contributed by atoms with Gasteiger partial charge in [0.05, 0.1) is 13.3 Å². The number of hydrogen-bond acceptors (Lipinski definition) is 2. The van der Waals surface area contributed by atoms with Crippen molar-refractivity contribution in [1.82, 2.24) is 9.55 Å². The minimum atomic E-state index is 0.779. The number of pyridine rings is 1. The summed E-state index contributed by atoms with van der Waals surface area (Å²) in [6.45, 7) is 4.14. The van der Waals surface area contributed by atoms with Gasteiger partial charge in [0.2, 0.25) is 0 Å². The van der Waals surface area contributed by atoms with Crippen molar-refractivity contribution < 1.29 is 4.74 Å². The Morgan fingerprint density at radius 2 is 1.73 bits per heavy atom. The molecule has 0 unspecified atom stereocenters. The van der Waals surface area contributed by atoms with Gasteiger partial charge in [-0.25, -0.2) is 4.98 Å². The van der Waals surface area contributed by atoms with Crippen LogP contribution < -0.4 is 4.74 Å². The number of aromatic nitrogens is 2. The topological polar surface area (TPSA) is 27.1 Å². The number of methoxy groups -OCH3 is 1. The minimum Gasteiger partial charge on any atom is -0.495 e. The summed E-state index contributed by atoms with van der Waals surface area (Å²) < 4.78 is 7.19. The van der Waals surface area contributed by atoms with Gasteiger partial charge in [-0.1, -0.05) is 0 Å². The highest BCUT2D eigenvalue weighted by Gasteiger charge is 2.04. The highest BCUT2D eigenvalue weighted by molar-refractivity contribution is 5.34. The van der Waals surface area contributed by atoms with Gasteiger partial charge in [-0.05, 0) is 38.1 Å². The molecule has 0 N–H and O–H groups in total. The third kappa shape index (κ3) is 1.73. The van der Waals surface area contributed by atoms with E-state index in [0.29, 0.717) is 0 Å². The maximum Gasteiger partial charge on any atom is 0.137 e. The maximum absolute atomic E-state index is 5.08. The average Bonchev–Trinajstić information content (AvgIpc) is 2.59. The maximum atomic E-state index is 5.08. The number of nitrogens with zero attached hydrogens (tertiary/aromatic N) is 2. The van der Waals surface area contributed by atoms with Gasteiger partial charge in [-0.15, -0.1) is 0 Å². The second-order valence-electron chi connectivity index (χ2n) is 3.51. The van der Waals surface area contributed by atoms with E-state index in [4.69, 9.17) is 4.74 Å². The second kappa shape index (κ2) is 3.77. The molecule has 0 atom stereocenters. The van der Waals surface area contributed by atoms with E-state index in [2.05, 4.69) is 35.5 Å². The summed E-state index contributed by atoms with van der Waals surface area (Å²) in [7, 11) is 1.64. The van der Waals surface area contributed by atoms with Crippen molar-refractivity contribution in [3.8, 4) is 11.6 Å². The fraction of sp³-hybridized carbons (Fsp3) is 0.250. The Bertz CT molecular complexity index is 437. The monoisotopic (exact) mass is 202 g/mol. The molecule has 0 amide bonds. The van der Waals surface area contributed by atoms with Gasteiger partial charge in [0.25, 0.3) is 0 Å². The molecule has 78 valence electrons. The summed E-state index contributed by atoms with van der Waals surface area (Å²) in [5.41, 5.74) is 2.37. The van der Waals surface area contributed by atoms with Gasteiger partial charge >= 0.3 is 0 Å². The zero-order valence-corrected chi connectivity index (χ0v) is 9.19. The first kappa shape index (κ1) is 9.77. The normalized spacial score (nSPS) is 10.3. The molecule has 2 rings (SSSR count). The molecule has 3 nitrogen and oxygen atoms in total. The smallest absolute Gasteiger partial charge is 0.137 e. The lowest BCUT2D eigenvalue weighted by Crippen LogP contribution is -2.01. The first-order valence-electron chi connectivity index (χ1n) is 4.88. The van der Waals surface area contributed by atoms with Crippen LogP contribution in [0.25, 0.3) is 5.82 Å². The van der Waals surface area contributed by atoms with E-state index in [0.717, 1.165) is 11.6 Å². The van der Waals surface area contributed by atoms with Crippen molar-refractivity contribution in [1.29, 1.82) is 0 Å². The lowest BCUT2D eigenvalue weighted by Gasteiger charge is -2.08. The Morgan fingerprint density at radius 3 is 2.20 bits per heavy atom. The fourth-order valence-corrected chi connectivity index (χ4v) is 1.66. The molecule has 0 saturated heterocycles. The molecule has 0 aliphatic heterocycles. The molecule has 0 spiro atoms. The van der Waals surface area contributed by atoms with Crippen molar-refractivity contribution in [3.05, 3.63) is 41.9 Å². The van der Waals surface area contributed by atoms with Crippen LogP contribution in [0.15, 0.2) is 30.5 Å². The van der Waals surface area contributed by atoms with E-state index in [1.165, 1.54) is 11.4 Å². The average molecular weight is 202 g/mol. The van der Waals surface area contributed by atoms with Gasteiger partial charge in [-0.2, -0.15) is 0 Å². The third-order valence-corrected chi connectivity index (χ3v) is 2.46. The summed E-state index contributed by atoms with van der Waals surface area (Å²) >= 11 is 0. The molecule has 15 heavy (non-hydrogen) atoms. The first-order valence-corrected chi connectivity index (χ1v) is 4.88. The van der Waals surface area contributed by atoms with Crippen molar-refractivity contribution in [2.75, 3.05) is 7.11 Å². The Hall–Kier alpha value is -1.77. The van der Waals surface area contributed by atoms with Crippen LogP contribution in [0.1, 0.15) is 11.4 Å². The van der Waals surface area contributed by atoms with Crippen LogP contribution in [0.3, 0.4) is 0 Å². The van der Waals surface area contributed by atoms with Crippen molar-refractivity contribution in [2.45, 2.75) is 13.8 Å². The molecular weight excluding hydrogens is 188 g/mol. The second-order valence-corrected chi connectivity index (χ2v) is 3.51. The van der Waals surface area contributed by atoms with E-state index in [1.54, 1.807) is 13.3 Å². The largest absolute Gasteiger partial charge is 0.495 e. The van der Waals surface area contributed by atoms with Crippen LogP contribution in [0.2, 0.25) is 0 Å². The summed E-state index contributed by atoms with van der Waals surface area (Å²) in [6, 6.07) is 8.04. The molecule has 2 heterocycles. The van der Waals surface area contributed by atoms with Crippen LogP contribution in [-0.2, 0) is 0 Å². The van der Waals surface area contributed by atoms with Gasteiger partial charge in [-0.3, -0.25) is 0 Å². The standard InChI is InChI=1S/C12H14N2O/c1-9-4-5-10(2)14(9)12-7-6-11(15-3)8-13-12/h4-8H,1-3H3. The quantitative estimate of drug-likeness (QED) is 0.748. The van der Waals surface area contributed by atoms with E-state index >= 15 is 0 Å². The first-order chi connectivity index (χ1) is 7.22. The summed E-state index contributed by atoms with van der Waals surface area (Å²) in [5.74, 6) is 1.71. The lowest BCUT2D eigenvalue weighted by atomic mass is 10.4. The Balaban J connectivity index is 2.45. The number of ether oxygens (including phenoxy) is 1. The molecule has 0 saturated carbocycles. The van der Waals surface area contributed by atoms with E-state index < -0.39 is 0 Å². The van der Waals surface area contributed by atoms with Gasteiger partial charge in [0, 0.05) is 11.4 Å². The summed E-state index contributed by atoms with van der Waals surface area (Å²) in [6.07, 6.45) is 1.73. The number of aryl methyl sites for hydroxylation is 2. The van der Waals surface area contributed by atoms with Gasteiger partial charge < -0.3 is 9.30 Å². The van der Waals surface area contributed by atoms with E-state index in [1.807, 2.05) is 12.1 Å². The SMILES string of the molecule is COc1ccc(-n2c(C)ccc2C)nc1. The molecule has 0 bridgehead atoms. The summed E-state index contributed by atoms with van der Waals surface area (Å²) in [5, 5.41) is 0. The fourth-order valence-electron chi connectivity index (χ4n) is 1.66. The number of hydrogen-bond donors (Lipinski definition) is 0. The van der Waals surface area contributed by atoms with Crippen molar-refractivity contribution in [2.24, 2.45) is 0 Å². The zero-order chi connectivity index (χ0) is 10.8.